The summed E-state index contributed by atoms with van der Waals surface area (Å²) in [6.45, 7) is 4.82. The molecule has 0 saturated heterocycles. The molecule has 0 heterocycles. The standard InChI is InChI=1S/C23H42/c1-3-20-14-18(15-21(20)4-2)10-6-5-7-11-19-16-22-12-8-9-13-23(22)17-19/h18-23H,3-17H2,1-2H3. The zero-order chi connectivity index (χ0) is 16.1. The zero-order valence-corrected chi connectivity index (χ0v) is 16.1. The van der Waals surface area contributed by atoms with Gasteiger partial charge in [-0.2, -0.15) is 0 Å². The second kappa shape index (κ2) is 8.91. The van der Waals surface area contributed by atoms with Crippen molar-refractivity contribution in [1.29, 1.82) is 0 Å². The van der Waals surface area contributed by atoms with Crippen molar-refractivity contribution in [3.8, 4) is 0 Å². The van der Waals surface area contributed by atoms with Gasteiger partial charge in [-0.3, -0.25) is 0 Å². The molecule has 0 aromatic rings. The molecular weight excluding hydrogens is 276 g/mol. The summed E-state index contributed by atoms with van der Waals surface area (Å²) in [5, 5.41) is 0. The predicted molar refractivity (Wildman–Crippen MR) is 102 cm³/mol. The highest BCUT2D eigenvalue weighted by molar-refractivity contribution is 4.86. The summed E-state index contributed by atoms with van der Waals surface area (Å²) in [6, 6.07) is 0. The lowest BCUT2D eigenvalue weighted by Crippen LogP contribution is -2.12. The van der Waals surface area contributed by atoms with Crippen molar-refractivity contribution >= 4 is 0 Å². The minimum Gasteiger partial charge on any atom is -0.0651 e. The Morgan fingerprint density at radius 3 is 1.57 bits per heavy atom. The van der Waals surface area contributed by atoms with Gasteiger partial charge < -0.3 is 0 Å². The highest BCUT2D eigenvalue weighted by Crippen LogP contribution is 2.47. The fourth-order valence-electron chi connectivity index (χ4n) is 6.71. The third-order valence-electron chi connectivity index (χ3n) is 8.05. The summed E-state index contributed by atoms with van der Waals surface area (Å²) >= 11 is 0. The molecule has 0 N–H and O–H groups in total. The van der Waals surface area contributed by atoms with Gasteiger partial charge >= 0.3 is 0 Å². The third-order valence-corrected chi connectivity index (χ3v) is 8.05. The molecule has 0 amide bonds. The molecule has 4 unspecified atom stereocenters. The molecule has 3 fully saturated rings. The lowest BCUT2D eigenvalue weighted by Gasteiger charge is -2.24. The van der Waals surface area contributed by atoms with E-state index in [1.165, 1.54) is 44.9 Å². The lowest BCUT2D eigenvalue weighted by atomic mass is 9.82. The molecule has 0 spiro atoms. The van der Waals surface area contributed by atoms with Crippen LogP contribution in [0.4, 0.5) is 0 Å². The largest absolute Gasteiger partial charge is 0.0651 e. The SMILES string of the molecule is CCC1CC(CCCCCC2CC3CCCCC3C2)CC1CC. The average Bonchev–Trinajstić information content (AvgIpc) is 3.17. The molecular formula is C23H42. The van der Waals surface area contributed by atoms with Crippen LogP contribution in [0.3, 0.4) is 0 Å². The Kier molecular flexibility index (Phi) is 6.90. The van der Waals surface area contributed by atoms with E-state index in [2.05, 4.69) is 13.8 Å². The van der Waals surface area contributed by atoms with Crippen molar-refractivity contribution in [2.75, 3.05) is 0 Å². The molecule has 0 aliphatic heterocycles. The molecule has 23 heavy (non-hydrogen) atoms. The van der Waals surface area contributed by atoms with E-state index in [1.54, 1.807) is 51.4 Å². The van der Waals surface area contributed by atoms with Gasteiger partial charge in [-0.25, -0.2) is 0 Å². The Bertz CT molecular complexity index is 289. The van der Waals surface area contributed by atoms with E-state index in [4.69, 9.17) is 0 Å². The molecule has 3 saturated carbocycles. The molecule has 134 valence electrons. The number of hydrogen-bond donors (Lipinski definition) is 0. The highest BCUT2D eigenvalue weighted by Gasteiger charge is 2.35. The van der Waals surface area contributed by atoms with Gasteiger partial charge in [-0.15, -0.1) is 0 Å². The lowest BCUT2D eigenvalue weighted by molar-refractivity contribution is 0.277. The van der Waals surface area contributed by atoms with E-state index in [0.717, 1.165) is 35.5 Å². The predicted octanol–water partition coefficient (Wildman–Crippen LogP) is 7.62. The minimum absolute atomic E-state index is 1.06. The van der Waals surface area contributed by atoms with Crippen molar-refractivity contribution in [2.24, 2.45) is 35.5 Å². The molecule has 3 aliphatic rings. The molecule has 3 rings (SSSR count). The van der Waals surface area contributed by atoms with Crippen LogP contribution in [0.15, 0.2) is 0 Å². The van der Waals surface area contributed by atoms with Gasteiger partial charge in [-0.05, 0) is 61.2 Å². The van der Waals surface area contributed by atoms with E-state index < -0.39 is 0 Å². The summed E-state index contributed by atoms with van der Waals surface area (Å²) in [4.78, 5) is 0. The monoisotopic (exact) mass is 318 g/mol. The van der Waals surface area contributed by atoms with Crippen molar-refractivity contribution in [3.05, 3.63) is 0 Å². The number of hydrogen-bond acceptors (Lipinski definition) is 0. The van der Waals surface area contributed by atoms with Crippen molar-refractivity contribution in [2.45, 2.75) is 110 Å². The summed E-state index contributed by atoms with van der Waals surface area (Å²) in [6.07, 6.45) is 23.1. The van der Waals surface area contributed by atoms with E-state index in [9.17, 15) is 0 Å². The first-order chi connectivity index (χ1) is 11.3. The highest BCUT2D eigenvalue weighted by atomic mass is 14.4. The van der Waals surface area contributed by atoms with E-state index in [0.29, 0.717) is 0 Å². The summed E-state index contributed by atoms with van der Waals surface area (Å²) < 4.78 is 0. The minimum atomic E-state index is 1.06. The van der Waals surface area contributed by atoms with Gasteiger partial charge in [0, 0.05) is 0 Å². The van der Waals surface area contributed by atoms with E-state index in [-0.39, 0.29) is 0 Å². The van der Waals surface area contributed by atoms with Crippen LogP contribution in [0.25, 0.3) is 0 Å². The maximum absolute atomic E-state index is 2.41. The maximum Gasteiger partial charge on any atom is -0.0383 e. The molecule has 3 aliphatic carbocycles. The Morgan fingerprint density at radius 1 is 0.609 bits per heavy atom. The first-order valence-corrected chi connectivity index (χ1v) is 11.3. The fraction of sp³-hybridized carbons (Fsp3) is 1.00. The van der Waals surface area contributed by atoms with Gasteiger partial charge in [0.1, 0.15) is 0 Å². The fourth-order valence-corrected chi connectivity index (χ4v) is 6.71. The van der Waals surface area contributed by atoms with Crippen LogP contribution >= 0.6 is 0 Å². The van der Waals surface area contributed by atoms with Gasteiger partial charge in [0.2, 0.25) is 0 Å². The van der Waals surface area contributed by atoms with Crippen molar-refractivity contribution in [1.82, 2.24) is 0 Å². The average molecular weight is 319 g/mol. The summed E-state index contributed by atoms with van der Waals surface area (Å²) in [5.41, 5.74) is 0. The van der Waals surface area contributed by atoms with Crippen LogP contribution in [-0.4, -0.2) is 0 Å². The molecule has 0 aromatic heterocycles. The summed E-state index contributed by atoms with van der Waals surface area (Å²) in [5.74, 6) is 6.61. The second-order valence-electron chi connectivity index (χ2n) is 9.45. The third kappa shape index (κ3) is 4.76. The topological polar surface area (TPSA) is 0 Å². The summed E-state index contributed by atoms with van der Waals surface area (Å²) in [7, 11) is 0. The molecule has 0 nitrogen and oxygen atoms in total. The van der Waals surface area contributed by atoms with E-state index >= 15 is 0 Å². The number of unbranched alkanes of at least 4 members (excludes halogenated alkanes) is 2. The van der Waals surface area contributed by atoms with Crippen LogP contribution in [0, 0.1) is 35.5 Å². The van der Waals surface area contributed by atoms with E-state index in [1.807, 2.05) is 0 Å². The number of fused-ring (bicyclic) bond motifs is 1. The molecule has 0 heteroatoms. The molecule has 0 aromatic carbocycles. The van der Waals surface area contributed by atoms with Gasteiger partial charge in [0.05, 0.1) is 0 Å². The Balaban J connectivity index is 1.25. The molecule has 4 atom stereocenters. The maximum atomic E-state index is 2.41. The Morgan fingerprint density at radius 2 is 1.09 bits per heavy atom. The zero-order valence-electron chi connectivity index (χ0n) is 16.1. The van der Waals surface area contributed by atoms with Crippen LogP contribution < -0.4 is 0 Å². The first kappa shape index (κ1) is 17.8. The van der Waals surface area contributed by atoms with Crippen LogP contribution in [0.5, 0.6) is 0 Å². The van der Waals surface area contributed by atoms with Gasteiger partial charge in [0.25, 0.3) is 0 Å². The quantitative estimate of drug-likeness (QED) is 0.404. The number of rotatable bonds is 8. The Labute approximate surface area is 146 Å². The van der Waals surface area contributed by atoms with Crippen LogP contribution in [0.2, 0.25) is 0 Å². The smallest absolute Gasteiger partial charge is 0.0383 e. The molecule has 0 radical (unpaired) electrons. The Hall–Kier alpha value is 0. The van der Waals surface area contributed by atoms with Crippen LogP contribution in [0.1, 0.15) is 110 Å². The van der Waals surface area contributed by atoms with Gasteiger partial charge in [-0.1, -0.05) is 84.5 Å². The molecule has 0 bridgehead atoms. The van der Waals surface area contributed by atoms with Crippen molar-refractivity contribution < 1.29 is 0 Å². The second-order valence-corrected chi connectivity index (χ2v) is 9.45. The van der Waals surface area contributed by atoms with Gasteiger partial charge in [0.15, 0.2) is 0 Å². The normalized spacial score (nSPS) is 40.4. The first-order valence-electron chi connectivity index (χ1n) is 11.3. The van der Waals surface area contributed by atoms with Crippen LogP contribution in [-0.2, 0) is 0 Å². The van der Waals surface area contributed by atoms with Crippen molar-refractivity contribution in [3.63, 3.8) is 0 Å².